The zero-order valence-corrected chi connectivity index (χ0v) is 20.9. The van der Waals surface area contributed by atoms with Gasteiger partial charge >= 0.3 is 5.97 Å². The summed E-state index contributed by atoms with van der Waals surface area (Å²) in [4.78, 5) is 33.5. The topological polar surface area (TPSA) is 88.5 Å². The Morgan fingerprint density at radius 2 is 1.81 bits per heavy atom. The number of carboxylic acids is 1. The van der Waals surface area contributed by atoms with Crippen molar-refractivity contribution in [2.24, 2.45) is 4.99 Å². The predicted octanol–water partition coefficient (Wildman–Crippen LogP) is 1.16. The van der Waals surface area contributed by atoms with Gasteiger partial charge in [-0.1, -0.05) is 11.6 Å². The van der Waals surface area contributed by atoms with Crippen LogP contribution in [0.5, 0.6) is 0 Å². The number of hydrogen-bond donors (Lipinski definition) is 2. The minimum Gasteiger partial charge on any atom is -0.480 e. The molecule has 0 aromatic heterocycles. The van der Waals surface area contributed by atoms with Crippen molar-refractivity contribution in [2.45, 2.75) is 29.5 Å². The van der Waals surface area contributed by atoms with Gasteiger partial charge in [-0.05, 0) is 18.6 Å². The first-order valence-electron chi connectivity index (χ1n) is 9.70. The van der Waals surface area contributed by atoms with E-state index in [9.17, 15) is 14.7 Å². The Balaban J connectivity index is 0.00000160. The highest BCUT2D eigenvalue weighted by Gasteiger charge is 2.47. The first kappa shape index (κ1) is 28.8. The second-order valence-corrected chi connectivity index (χ2v) is 9.37. The molecule has 3 fully saturated rings. The Labute approximate surface area is 210 Å². The molecule has 178 valence electrons. The molecule has 0 aromatic carbocycles. The van der Waals surface area contributed by atoms with Gasteiger partial charge in [-0.3, -0.25) is 19.6 Å². The van der Waals surface area contributed by atoms with Gasteiger partial charge in [0, 0.05) is 57.3 Å². The molecule has 13 heteroatoms. The van der Waals surface area contributed by atoms with Crippen molar-refractivity contribution in [1.82, 2.24) is 20.0 Å². The van der Waals surface area contributed by atoms with Gasteiger partial charge in [0.15, 0.2) is 4.87 Å². The zero-order valence-electron chi connectivity index (χ0n) is 16.9. The fraction of sp³-hybridized carbons (Fsp3) is 0.722. The molecule has 3 saturated heterocycles. The molecule has 0 saturated carbocycles. The summed E-state index contributed by atoms with van der Waals surface area (Å²) in [6, 6.07) is 0.249. The third kappa shape index (κ3) is 6.00. The molecular formula is C18H29Cl4N5O3S. The van der Waals surface area contributed by atoms with E-state index in [0.29, 0.717) is 19.1 Å². The number of rotatable bonds is 4. The van der Waals surface area contributed by atoms with Crippen LogP contribution in [-0.4, -0.2) is 112 Å². The van der Waals surface area contributed by atoms with Crippen molar-refractivity contribution in [3.8, 4) is 0 Å². The lowest BCUT2D eigenvalue weighted by Crippen LogP contribution is -2.59. The monoisotopic (exact) mass is 535 g/mol. The first-order valence-corrected chi connectivity index (χ1v) is 11.2. The van der Waals surface area contributed by atoms with Crippen LogP contribution in [0.1, 0.15) is 6.42 Å². The summed E-state index contributed by atoms with van der Waals surface area (Å²) in [6.45, 7) is 4.71. The van der Waals surface area contributed by atoms with Gasteiger partial charge in [-0.25, -0.2) is 4.79 Å². The van der Waals surface area contributed by atoms with Gasteiger partial charge in [-0.15, -0.1) is 49.0 Å². The molecule has 4 aliphatic heterocycles. The van der Waals surface area contributed by atoms with Crippen LogP contribution in [0.25, 0.3) is 0 Å². The summed E-state index contributed by atoms with van der Waals surface area (Å²) in [5, 5.41) is 13.0. The van der Waals surface area contributed by atoms with Crippen molar-refractivity contribution in [3.63, 3.8) is 0 Å². The molecular weight excluding hydrogens is 508 g/mol. The summed E-state index contributed by atoms with van der Waals surface area (Å²) in [6.07, 6.45) is 4.96. The van der Waals surface area contributed by atoms with E-state index in [1.165, 1.54) is 6.08 Å². The van der Waals surface area contributed by atoms with Crippen LogP contribution in [0, 0.1) is 0 Å². The summed E-state index contributed by atoms with van der Waals surface area (Å²) in [7, 11) is 0. The van der Waals surface area contributed by atoms with Gasteiger partial charge < -0.3 is 15.3 Å². The smallest absolute Gasteiger partial charge is 0.332 e. The normalized spacial score (nSPS) is 33.3. The molecule has 0 radical (unpaired) electrons. The maximum absolute atomic E-state index is 12.6. The molecule has 4 aliphatic rings. The lowest BCUT2D eigenvalue weighted by molar-refractivity contribution is -0.141. The largest absolute Gasteiger partial charge is 0.480 e. The van der Waals surface area contributed by atoms with Crippen LogP contribution in [0.3, 0.4) is 0 Å². The number of halogens is 4. The molecule has 4 rings (SSSR count). The second kappa shape index (κ2) is 12.3. The van der Waals surface area contributed by atoms with E-state index in [-0.39, 0.29) is 49.2 Å². The number of amides is 1. The lowest BCUT2D eigenvalue weighted by Gasteiger charge is -2.43. The van der Waals surface area contributed by atoms with Crippen LogP contribution in [0.4, 0.5) is 0 Å². The number of thioether (sulfide) groups is 1. The Bertz CT molecular complexity index is 689. The standard InChI is InChI=1S/C18H26ClN5O3S.3ClH/c19-18(17(26)27)2-1-3-20-16(18)23-6-4-22(5-7-23)13-10-14(21-11-13)15(25)24-8-9-28-12-24;;;/h1-3,13-14,16,21H,4-12H2,(H,26,27);3*1H/t13-,14-,16?,18?;;;/m0.../s1. The van der Waals surface area contributed by atoms with E-state index in [1.54, 1.807) is 24.1 Å². The number of carbonyl (C=O) groups is 2. The van der Waals surface area contributed by atoms with E-state index in [0.717, 1.165) is 44.2 Å². The van der Waals surface area contributed by atoms with Crippen LogP contribution >= 0.6 is 60.6 Å². The number of carbonyl (C=O) groups excluding carboxylic acids is 1. The number of nitrogens with zero attached hydrogens (tertiary/aromatic N) is 4. The predicted molar refractivity (Wildman–Crippen MR) is 132 cm³/mol. The molecule has 0 aromatic rings. The number of aliphatic imine (C=N–C) groups is 1. The maximum Gasteiger partial charge on any atom is 0.332 e. The maximum atomic E-state index is 12.6. The molecule has 0 aliphatic carbocycles. The number of dihydropyridines is 1. The number of aliphatic carboxylic acids is 1. The molecule has 4 atom stereocenters. The Hall–Kier alpha value is -0.260. The zero-order chi connectivity index (χ0) is 19.7. The van der Waals surface area contributed by atoms with Crippen molar-refractivity contribution < 1.29 is 14.7 Å². The van der Waals surface area contributed by atoms with E-state index in [2.05, 4.69) is 15.2 Å². The third-order valence-electron chi connectivity index (χ3n) is 6.04. The number of carboxylic acid groups (broad SMARTS) is 1. The van der Waals surface area contributed by atoms with Gasteiger partial charge in [0.1, 0.15) is 6.17 Å². The Kier molecular flexibility index (Phi) is 11.4. The fourth-order valence-electron chi connectivity index (χ4n) is 4.39. The molecule has 0 bridgehead atoms. The van der Waals surface area contributed by atoms with E-state index in [4.69, 9.17) is 11.6 Å². The summed E-state index contributed by atoms with van der Waals surface area (Å²) in [5.41, 5.74) is 0. The Morgan fingerprint density at radius 3 is 2.42 bits per heavy atom. The molecule has 0 spiro atoms. The molecule has 31 heavy (non-hydrogen) atoms. The van der Waals surface area contributed by atoms with E-state index in [1.807, 2.05) is 9.80 Å². The average Bonchev–Trinajstić information content (AvgIpc) is 3.40. The number of piperazine rings is 1. The molecule has 8 nitrogen and oxygen atoms in total. The minimum atomic E-state index is -1.52. The summed E-state index contributed by atoms with van der Waals surface area (Å²) in [5.74, 6) is 0.987. The number of nitrogens with one attached hydrogen (secondary N) is 1. The highest BCUT2D eigenvalue weighted by atomic mass is 35.5. The highest BCUT2D eigenvalue weighted by Crippen LogP contribution is 2.31. The molecule has 4 heterocycles. The van der Waals surface area contributed by atoms with E-state index >= 15 is 0 Å². The SMILES string of the molecule is Cl.Cl.Cl.O=C([C@@H]1C[C@H](N2CCN(C3N=CC=CC3(Cl)C(=O)O)CC2)CN1)N1CCSC1. The first-order chi connectivity index (χ1) is 13.5. The number of alkyl halides is 1. The fourth-order valence-corrected chi connectivity index (χ4v) is 5.61. The minimum absolute atomic E-state index is 0. The molecule has 2 N–H and O–H groups in total. The lowest BCUT2D eigenvalue weighted by atomic mass is 10.0. The van der Waals surface area contributed by atoms with Gasteiger partial charge in [0.2, 0.25) is 5.91 Å². The van der Waals surface area contributed by atoms with Crippen molar-refractivity contribution in [1.29, 1.82) is 0 Å². The van der Waals surface area contributed by atoms with Crippen molar-refractivity contribution in [3.05, 3.63) is 12.2 Å². The Morgan fingerprint density at radius 1 is 1.13 bits per heavy atom. The highest BCUT2D eigenvalue weighted by molar-refractivity contribution is 7.99. The third-order valence-corrected chi connectivity index (χ3v) is 7.49. The van der Waals surface area contributed by atoms with Crippen LogP contribution < -0.4 is 5.32 Å². The summed E-state index contributed by atoms with van der Waals surface area (Å²) < 4.78 is 0. The number of hydrogen-bond acceptors (Lipinski definition) is 7. The van der Waals surface area contributed by atoms with Crippen molar-refractivity contribution in [2.75, 3.05) is 50.9 Å². The van der Waals surface area contributed by atoms with Gasteiger partial charge in [0.25, 0.3) is 0 Å². The molecule has 2 unspecified atom stereocenters. The van der Waals surface area contributed by atoms with Gasteiger partial charge in [-0.2, -0.15) is 0 Å². The van der Waals surface area contributed by atoms with Crippen LogP contribution in [-0.2, 0) is 9.59 Å². The quantitative estimate of drug-likeness (QED) is 0.521. The van der Waals surface area contributed by atoms with E-state index < -0.39 is 17.0 Å². The van der Waals surface area contributed by atoms with Crippen molar-refractivity contribution >= 4 is 78.7 Å². The summed E-state index contributed by atoms with van der Waals surface area (Å²) >= 11 is 8.19. The second-order valence-electron chi connectivity index (χ2n) is 7.67. The molecule has 1 amide bonds. The van der Waals surface area contributed by atoms with Crippen LogP contribution in [0.15, 0.2) is 17.1 Å². The average molecular weight is 537 g/mol. The van der Waals surface area contributed by atoms with Crippen LogP contribution in [0.2, 0.25) is 0 Å². The number of allylic oxidation sites excluding steroid dienone is 1. The van der Waals surface area contributed by atoms with Gasteiger partial charge in [0.05, 0.1) is 11.9 Å².